The van der Waals surface area contributed by atoms with Crippen molar-refractivity contribution in [3.05, 3.63) is 47.0 Å². The second-order valence-electron chi connectivity index (χ2n) is 5.20. The first-order valence-electron chi connectivity index (χ1n) is 6.61. The number of hydrogen-bond acceptors (Lipinski definition) is 3. The second kappa shape index (κ2) is 4.76. The van der Waals surface area contributed by atoms with Gasteiger partial charge in [0.1, 0.15) is 5.52 Å². The van der Waals surface area contributed by atoms with Crippen LogP contribution in [0.4, 0.5) is 18.9 Å². The molecule has 0 spiro atoms. The molecule has 0 aliphatic heterocycles. The molecule has 3 aromatic rings. The zero-order chi connectivity index (χ0) is 16.1. The van der Waals surface area contributed by atoms with Gasteiger partial charge in [-0.2, -0.15) is 13.2 Å². The third kappa shape index (κ3) is 2.30. The minimum absolute atomic E-state index is 0.254. The monoisotopic (exact) mass is 306 g/mol. The SMILES string of the molecule is Cc1cc(C)c2oc(-c3ccc(C(F)(F)F)cc3)nc2c1N. The molecule has 114 valence electrons. The molecule has 3 rings (SSSR count). The van der Waals surface area contributed by atoms with Crippen molar-refractivity contribution < 1.29 is 17.6 Å². The van der Waals surface area contributed by atoms with Crippen LogP contribution in [0.2, 0.25) is 0 Å². The molecule has 0 fully saturated rings. The van der Waals surface area contributed by atoms with E-state index < -0.39 is 11.7 Å². The molecule has 0 amide bonds. The summed E-state index contributed by atoms with van der Waals surface area (Å²) in [5, 5.41) is 0. The highest BCUT2D eigenvalue weighted by molar-refractivity contribution is 5.91. The Balaban J connectivity index is 2.11. The van der Waals surface area contributed by atoms with E-state index in [4.69, 9.17) is 10.2 Å². The second-order valence-corrected chi connectivity index (χ2v) is 5.20. The van der Waals surface area contributed by atoms with Gasteiger partial charge in [0.05, 0.1) is 11.3 Å². The average Bonchev–Trinajstić information content (AvgIpc) is 2.90. The van der Waals surface area contributed by atoms with E-state index in [2.05, 4.69) is 4.98 Å². The third-order valence-corrected chi connectivity index (χ3v) is 3.56. The number of hydrogen-bond donors (Lipinski definition) is 1. The van der Waals surface area contributed by atoms with Crippen molar-refractivity contribution in [1.29, 1.82) is 0 Å². The van der Waals surface area contributed by atoms with E-state index in [9.17, 15) is 13.2 Å². The van der Waals surface area contributed by atoms with Crippen LogP contribution in [0.15, 0.2) is 34.7 Å². The lowest BCUT2D eigenvalue weighted by Crippen LogP contribution is -2.03. The van der Waals surface area contributed by atoms with E-state index in [1.165, 1.54) is 12.1 Å². The van der Waals surface area contributed by atoms with Gasteiger partial charge in [0.25, 0.3) is 0 Å². The molecule has 1 heterocycles. The van der Waals surface area contributed by atoms with Gasteiger partial charge in [0.15, 0.2) is 5.58 Å². The molecular formula is C16H13F3N2O. The molecule has 0 aliphatic carbocycles. The molecule has 6 heteroatoms. The summed E-state index contributed by atoms with van der Waals surface area (Å²) in [5.74, 6) is 0.254. The zero-order valence-electron chi connectivity index (χ0n) is 12.0. The van der Waals surface area contributed by atoms with Gasteiger partial charge in [-0.25, -0.2) is 4.98 Å². The summed E-state index contributed by atoms with van der Waals surface area (Å²) in [6.45, 7) is 3.74. The van der Waals surface area contributed by atoms with E-state index in [0.717, 1.165) is 23.3 Å². The summed E-state index contributed by atoms with van der Waals surface area (Å²) in [4.78, 5) is 4.32. The van der Waals surface area contributed by atoms with Crippen LogP contribution in [0.5, 0.6) is 0 Å². The number of nitrogen functional groups attached to an aromatic ring is 1. The van der Waals surface area contributed by atoms with Crippen LogP contribution < -0.4 is 5.73 Å². The topological polar surface area (TPSA) is 52.0 Å². The standard InChI is InChI=1S/C16H13F3N2O/c1-8-7-9(2)14-13(12(8)20)21-15(22-14)10-3-5-11(6-4-10)16(17,18)19/h3-7H,20H2,1-2H3. The van der Waals surface area contributed by atoms with Crippen molar-refractivity contribution in [2.24, 2.45) is 0 Å². The lowest BCUT2D eigenvalue weighted by atomic mass is 10.1. The van der Waals surface area contributed by atoms with Gasteiger partial charge in [0.2, 0.25) is 5.89 Å². The van der Waals surface area contributed by atoms with Gasteiger partial charge in [0, 0.05) is 5.56 Å². The molecule has 0 saturated carbocycles. The fourth-order valence-electron chi connectivity index (χ4n) is 2.35. The van der Waals surface area contributed by atoms with Crippen LogP contribution in [-0.2, 0) is 6.18 Å². The predicted octanol–water partition coefficient (Wildman–Crippen LogP) is 4.71. The number of aryl methyl sites for hydroxylation is 2. The highest BCUT2D eigenvalue weighted by atomic mass is 19.4. The Morgan fingerprint density at radius 3 is 2.27 bits per heavy atom. The molecule has 0 atom stereocenters. The Kier molecular flexibility index (Phi) is 3.12. The first-order chi connectivity index (χ1) is 10.3. The van der Waals surface area contributed by atoms with Crippen molar-refractivity contribution in [2.45, 2.75) is 20.0 Å². The zero-order valence-corrected chi connectivity index (χ0v) is 12.0. The third-order valence-electron chi connectivity index (χ3n) is 3.56. The maximum absolute atomic E-state index is 12.6. The Labute approximate surface area is 124 Å². The minimum Gasteiger partial charge on any atom is -0.436 e. The molecule has 22 heavy (non-hydrogen) atoms. The average molecular weight is 306 g/mol. The van der Waals surface area contributed by atoms with Crippen LogP contribution in [0.25, 0.3) is 22.6 Å². The highest BCUT2D eigenvalue weighted by Crippen LogP contribution is 2.34. The summed E-state index contributed by atoms with van der Waals surface area (Å²) >= 11 is 0. The van der Waals surface area contributed by atoms with Gasteiger partial charge in [-0.3, -0.25) is 0 Å². The van der Waals surface area contributed by atoms with Crippen LogP contribution in [-0.4, -0.2) is 4.98 Å². The number of fused-ring (bicyclic) bond motifs is 1. The summed E-state index contributed by atoms with van der Waals surface area (Å²) in [7, 11) is 0. The maximum atomic E-state index is 12.6. The number of nitrogens with two attached hydrogens (primary N) is 1. The van der Waals surface area contributed by atoms with Crippen molar-refractivity contribution in [3.63, 3.8) is 0 Å². The number of halogens is 3. The smallest absolute Gasteiger partial charge is 0.416 e. The number of anilines is 1. The van der Waals surface area contributed by atoms with E-state index in [1.807, 2.05) is 19.9 Å². The Morgan fingerprint density at radius 1 is 1.05 bits per heavy atom. The van der Waals surface area contributed by atoms with Crippen molar-refractivity contribution in [1.82, 2.24) is 4.98 Å². The van der Waals surface area contributed by atoms with Crippen LogP contribution >= 0.6 is 0 Å². The number of benzene rings is 2. The molecule has 0 bridgehead atoms. The summed E-state index contributed by atoms with van der Waals surface area (Å²) in [6, 6.07) is 6.58. The molecule has 0 unspecified atom stereocenters. The molecule has 0 saturated heterocycles. The molecule has 2 aromatic carbocycles. The van der Waals surface area contributed by atoms with E-state index in [1.54, 1.807) is 0 Å². The lowest BCUT2D eigenvalue weighted by molar-refractivity contribution is -0.137. The maximum Gasteiger partial charge on any atom is 0.416 e. The van der Waals surface area contributed by atoms with Crippen molar-refractivity contribution in [3.8, 4) is 11.5 Å². The van der Waals surface area contributed by atoms with E-state index in [-0.39, 0.29) is 5.89 Å². The summed E-state index contributed by atoms with van der Waals surface area (Å²) in [5.41, 5.74) is 9.12. The van der Waals surface area contributed by atoms with Crippen molar-refractivity contribution >= 4 is 16.8 Å². The normalized spacial score (nSPS) is 12.0. The first-order valence-corrected chi connectivity index (χ1v) is 6.61. The molecule has 1 aromatic heterocycles. The van der Waals surface area contributed by atoms with E-state index >= 15 is 0 Å². The highest BCUT2D eigenvalue weighted by Gasteiger charge is 2.30. The van der Waals surface area contributed by atoms with Gasteiger partial charge < -0.3 is 10.2 Å². The van der Waals surface area contributed by atoms with Gasteiger partial charge in [-0.05, 0) is 49.2 Å². The summed E-state index contributed by atoms with van der Waals surface area (Å²) in [6.07, 6.45) is -4.36. The van der Waals surface area contributed by atoms with E-state index in [0.29, 0.717) is 22.4 Å². The van der Waals surface area contributed by atoms with Crippen LogP contribution in [0.3, 0.4) is 0 Å². The Hall–Kier alpha value is -2.50. The lowest BCUT2D eigenvalue weighted by Gasteiger charge is -2.05. The Morgan fingerprint density at radius 2 is 1.68 bits per heavy atom. The predicted molar refractivity (Wildman–Crippen MR) is 78.3 cm³/mol. The van der Waals surface area contributed by atoms with Crippen LogP contribution in [0, 0.1) is 13.8 Å². The molecular weight excluding hydrogens is 293 g/mol. The van der Waals surface area contributed by atoms with Gasteiger partial charge in [-0.1, -0.05) is 6.07 Å². The molecule has 3 nitrogen and oxygen atoms in total. The van der Waals surface area contributed by atoms with Gasteiger partial charge >= 0.3 is 6.18 Å². The molecule has 0 radical (unpaired) electrons. The first kappa shape index (κ1) is 14.4. The minimum atomic E-state index is -4.36. The number of oxazole rings is 1. The largest absolute Gasteiger partial charge is 0.436 e. The molecule has 0 aliphatic rings. The van der Waals surface area contributed by atoms with Crippen molar-refractivity contribution in [2.75, 3.05) is 5.73 Å². The number of nitrogens with zero attached hydrogens (tertiary/aromatic N) is 1. The number of rotatable bonds is 1. The number of alkyl halides is 3. The quantitative estimate of drug-likeness (QED) is 0.662. The Bertz CT molecular complexity index is 848. The molecule has 2 N–H and O–H groups in total. The van der Waals surface area contributed by atoms with Gasteiger partial charge in [-0.15, -0.1) is 0 Å². The summed E-state index contributed by atoms with van der Waals surface area (Å²) < 4.78 is 43.4. The fraction of sp³-hybridized carbons (Fsp3) is 0.188. The number of aromatic nitrogens is 1. The van der Waals surface area contributed by atoms with Crippen LogP contribution in [0.1, 0.15) is 16.7 Å². The fourth-order valence-corrected chi connectivity index (χ4v) is 2.35.